The van der Waals surface area contributed by atoms with Crippen molar-refractivity contribution in [3.63, 3.8) is 0 Å². The number of anilines is 1. The van der Waals surface area contributed by atoms with E-state index in [0.717, 1.165) is 17.1 Å². The highest BCUT2D eigenvalue weighted by Crippen LogP contribution is 2.20. The van der Waals surface area contributed by atoms with Crippen LogP contribution in [0.2, 0.25) is 5.02 Å². The zero-order valence-corrected chi connectivity index (χ0v) is 13.3. The molecule has 110 valence electrons. The Labute approximate surface area is 134 Å². The predicted octanol–water partition coefficient (Wildman–Crippen LogP) is 3.79. The quantitative estimate of drug-likeness (QED) is 0.796. The molecule has 5 heteroatoms. The fraction of sp³-hybridized carbons (Fsp3) is 0.188. The molecular formula is C16H17ClN2OS. The number of rotatable bonds is 6. The molecule has 1 amide bonds. The number of nitrogens with one attached hydrogen (secondary N) is 2. The summed E-state index contributed by atoms with van der Waals surface area (Å²) in [5.74, 6) is 0.333. The minimum Gasteiger partial charge on any atom is -0.325 e. The van der Waals surface area contributed by atoms with Gasteiger partial charge in [0.05, 0.1) is 5.75 Å². The predicted molar refractivity (Wildman–Crippen MR) is 90.0 cm³/mol. The van der Waals surface area contributed by atoms with Gasteiger partial charge in [0.25, 0.3) is 0 Å². The van der Waals surface area contributed by atoms with Gasteiger partial charge in [-0.1, -0.05) is 29.8 Å². The zero-order valence-electron chi connectivity index (χ0n) is 11.7. The van der Waals surface area contributed by atoms with Gasteiger partial charge in [0.15, 0.2) is 0 Å². The van der Waals surface area contributed by atoms with Gasteiger partial charge in [-0.15, -0.1) is 11.8 Å². The van der Waals surface area contributed by atoms with Crippen molar-refractivity contribution < 1.29 is 4.79 Å². The number of hydrogen-bond acceptors (Lipinski definition) is 3. The van der Waals surface area contributed by atoms with Gasteiger partial charge in [-0.3, -0.25) is 4.79 Å². The number of benzene rings is 2. The van der Waals surface area contributed by atoms with Gasteiger partial charge in [-0.05, 0) is 42.9 Å². The molecule has 0 heterocycles. The summed E-state index contributed by atoms with van der Waals surface area (Å²) in [5, 5.41) is 6.55. The summed E-state index contributed by atoms with van der Waals surface area (Å²) in [4.78, 5) is 13.0. The van der Waals surface area contributed by atoms with Crippen molar-refractivity contribution >= 4 is 35.0 Å². The first-order valence-corrected chi connectivity index (χ1v) is 7.95. The average Bonchev–Trinajstić information content (AvgIpc) is 2.47. The lowest BCUT2D eigenvalue weighted by Crippen LogP contribution is -2.13. The molecule has 0 fully saturated rings. The Kier molecular flexibility index (Phi) is 6.11. The highest BCUT2D eigenvalue weighted by Gasteiger charge is 2.04. The number of amides is 1. The molecule has 0 saturated heterocycles. The molecular weight excluding hydrogens is 304 g/mol. The van der Waals surface area contributed by atoms with E-state index in [1.165, 1.54) is 17.3 Å². The summed E-state index contributed by atoms with van der Waals surface area (Å²) in [7, 11) is 1.92. The monoisotopic (exact) mass is 320 g/mol. The van der Waals surface area contributed by atoms with Crippen LogP contribution in [0.1, 0.15) is 5.56 Å². The minimum atomic E-state index is -0.0402. The number of halogens is 1. The summed E-state index contributed by atoms with van der Waals surface area (Å²) in [6, 6.07) is 15.3. The standard InChI is InChI=1S/C16H17ClN2OS/c1-18-10-12-5-7-15(8-6-12)21-11-16(20)19-14-4-2-3-13(17)9-14/h2-9,18H,10-11H2,1H3,(H,19,20). The van der Waals surface area contributed by atoms with E-state index < -0.39 is 0 Å². The van der Waals surface area contributed by atoms with Crippen LogP contribution in [0.25, 0.3) is 0 Å². The Morgan fingerprint density at radius 2 is 1.95 bits per heavy atom. The van der Waals surface area contributed by atoms with Crippen molar-refractivity contribution in [1.29, 1.82) is 0 Å². The average molecular weight is 321 g/mol. The highest BCUT2D eigenvalue weighted by molar-refractivity contribution is 8.00. The first kappa shape index (κ1) is 15.9. The van der Waals surface area contributed by atoms with Gasteiger partial charge < -0.3 is 10.6 Å². The van der Waals surface area contributed by atoms with Gasteiger partial charge in [0, 0.05) is 22.2 Å². The summed E-state index contributed by atoms with van der Waals surface area (Å²) in [6.45, 7) is 0.847. The van der Waals surface area contributed by atoms with Crippen LogP contribution >= 0.6 is 23.4 Å². The molecule has 0 spiro atoms. The smallest absolute Gasteiger partial charge is 0.234 e. The third-order valence-electron chi connectivity index (χ3n) is 2.78. The van der Waals surface area contributed by atoms with Crippen LogP contribution < -0.4 is 10.6 Å². The Hall–Kier alpha value is -1.49. The van der Waals surface area contributed by atoms with E-state index in [1.54, 1.807) is 12.1 Å². The van der Waals surface area contributed by atoms with E-state index in [-0.39, 0.29) is 5.91 Å². The van der Waals surface area contributed by atoms with Crippen molar-refractivity contribution in [3.8, 4) is 0 Å². The van der Waals surface area contributed by atoms with E-state index >= 15 is 0 Å². The van der Waals surface area contributed by atoms with Crippen molar-refractivity contribution in [2.75, 3.05) is 18.1 Å². The molecule has 3 nitrogen and oxygen atoms in total. The van der Waals surface area contributed by atoms with Crippen LogP contribution in [-0.2, 0) is 11.3 Å². The van der Waals surface area contributed by atoms with E-state index in [1.807, 2.05) is 31.3 Å². The van der Waals surface area contributed by atoms with Crippen molar-refractivity contribution in [3.05, 3.63) is 59.1 Å². The zero-order chi connectivity index (χ0) is 15.1. The Morgan fingerprint density at radius 1 is 1.19 bits per heavy atom. The molecule has 0 aliphatic heterocycles. The second kappa shape index (κ2) is 8.08. The van der Waals surface area contributed by atoms with E-state index in [2.05, 4.69) is 22.8 Å². The maximum atomic E-state index is 11.9. The second-order valence-corrected chi connectivity index (χ2v) is 6.01. The van der Waals surface area contributed by atoms with Crippen LogP contribution in [-0.4, -0.2) is 18.7 Å². The summed E-state index contributed by atoms with van der Waals surface area (Å²) in [6.07, 6.45) is 0. The van der Waals surface area contributed by atoms with Crippen LogP contribution in [0, 0.1) is 0 Å². The number of carbonyl (C=O) groups is 1. The van der Waals surface area contributed by atoms with Gasteiger partial charge in [0.2, 0.25) is 5.91 Å². The lowest BCUT2D eigenvalue weighted by molar-refractivity contribution is -0.113. The molecule has 0 aliphatic rings. The van der Waals surface area contributed by atoms with Gasteiger partial charge in [-0.25, -0.2) is 0 Å². The first-order chi connectivity index (χ1) is 10.2. The Balaban J connectivity index is 1.83. The maximum Gasteiger partial charge on any atom is 0.234 e. The number of thioether (sulfide) groups is 1. The van der Waals surface area contributed by atoms with Crippen molar-refractivity contribution in [2.45, 2.75) is 11.4 Å². The highest BCUT2D eigenvalue weighted by atomic mass is 35.5. The van der Waals surface area contributed by atoms with Crippen LogP contribution in [0.15, 0.2) is 53.4 Å². The fourth-order valence-corrected chi connectivity index (χ4v) is 2.71. The lowest BCUT2D eigenvalue weighted by Gasteiger charge is -2.06. The molecule has 0 aliphatic carbocycles. The fourth-order valence-electron chi connectivity index (χ4n) is 1.82. The van der Waals surface area contributed by atoms with Crippen molar-refractivity contribution in [1.82, 2.24) is 5.32 Å². The maximum absolute atomic E-state index is 11.9. The molecule has 0 aromatic heterocycles. The second-order valence-electron chi connectivity index (χ2n) is 4.52. The molecule has 0 unspecified atom stereocenters. The molecule has 0 bridgehead atoms. The van der Waals surface area contributed by atoms with Gasteiger partial charge >= 0.3 is 0 Å². The lowest BCUT2D eigenvalue weighted by atomic mass is 10.2. The Bertz CT molecular complexity index is 601. The van der Waals surface area contributed by atoms with E-state index in [4.69, 9.17) is 11.6 Å². The van der Waals surface area contributed by atoms with Gasteiger partial charge in [-0.2, -0.15) is 0 Å². The molecule has 0 atom stereocenters. The number of hydrogen-bond donors (Lipinski definition) is 2. The summed E-state index contributed by atoms with van der Waals surface area (Å²) in [5.41, 5.74) is 1.95. The molecule has 21 heavy (non-hydrogen) atoms. The third kappa shape index (κ3) is 5.42. The SMILES string of the molecule is CNCc1ccc(SCC(=O)Nc2cccc(Cl)c2)cc1. The van der Waals surface area contributed by atoms with Crippen molar-refractivity contribution in [2.24, 2.45) is 0 Å². The molecule has 2 rings (SSSR count). The van der Waals surface area contributed by atoms with Crippen LogP contribution in [0.4, 0.5) is 5.69 Å². The molecule has 2 aromatic rings. The summed E-state index contributed by atoms with van der Waals surface area (Å²) < 4.78 is 0. The molecule has 0 saturated carbocycles. The first-order valence-electron chi connectivity index (χ1n) is 6.59. The summed E-state index contributed by atoms with van der Waals surface area (Å²) >= 11 is 7.39. The third-order valence-corrected chi connectivity index (χ3v) is 4.03. The van der Waals surface area contributed by atoms with Crippen LogP contribution in [0.3, 0.4) is 0 Å². The van der Waals surface area contributed by atoms with Crippen LogP contribution in [0.5, 0.6) is 0 Å². The molecule has 2 aromatic carbocycles. The molecule has 0 radical (unpaired) electrons. The van der Waals surface area contributed by atoms with Gasteiger partial charge in [0.1, 0.15) is 0 Å². The molecule has 2 N–H and O–H groups in total. The minimum absolute atomic E-state index is 0.0402. The normalized spacial score (nSPS) is 10.4. The number of carbonyl (C=O) groups excluding carboxylic acids is 1. The van der Waals surface area contributed by atoms with E-state index in [9.17, 15) is 4.79 Å². The largest absolute Gasteiger partial charge is 0.325 e. The Morgan fingerprint density at radius 3 is 2.62 bits per heavy atom. The van der Waals surface area contributed by atoms with E-state index in [0.29, 0.717) is 10.8 Å². The topological polar surface area (TPSA) is 41.1 Å².